The SMILES string of the molecule is Cc1ccc(NC(=O)Cn2cnc3ccc(Br)cc3c2=O)c2cccnc12. The fourth-order valence-corrected chi connectivity index (χ4v) is 3.37. The van der Waals surface area contributed by atoms with E-state index in [1.54, 1.807) is 18.3 Å². The van der Waals surface area contributed by atoms with E-state index < -0.39 is 0 Å². The van der Waals surface area contributed by atoms with Gasteiger partial charge in [-0.05, 0) is 48.9 Å². The molecule has 0 spiro atoms. The normalized spacial score (nSPS) is 11.0. The molecule has 6 nitrogen and oxygen atoms in total. The Bertz CT molecular complexity index is 1250. The van der Waals surface area contributed by atoms with Gasteiger partial charge < -0.3 is 5.32 Å². The zero-order chi connectivity index (χ0) is 19.0. The van der Waals surface area contributed by atoms with E-state index in [0.29, 0.717) is 16.6 Å². The number of benzene rings is 2. The minimum absolute atomic E-state index is 0.121. The minimum Gasteiger partial charge on any atom is -0.324 e. The van der Waals surface area contributed by atoms with Gasteiger partial charge in [0.1, 0.15) is 6.54 Å². The fourth-order valence-electron chi connectivity index (χ4n) is 3.01. The lowest BCUT2D eigenvalue weighted by molar-refractivity contribution is -0.116. The summed E-state index contributed by atoms with van der Waals surface area (Å²) in [7, 11) is 0. The van der Waals surface area contributed by atoms with Crippen LogP contribution in [0.5, 0.6) is 0 Å². The topological polar surface area (TPSA) is 76.9 Å². The molecule has 0 saturated heterocycles. The highest BCUT2D eigenvalue weighted by molar-refractivity contribution is 9.10. The van der Waals surface area contributed by atoms with Crippen LogP contribution in [0.15, 0.2) is 64.3 Å². The van der Waals surface area contributed by atoms with Crippen LogP contribution in [0.25, 0.3) is 21.8 Å². The number of aromatic nitrogens is 3. The fraction of sp³-hybridized carbons (Fsp3) is 0.100. The number of hydrogen-bond acceptors (Lipinski definition) is 4. The monoisotopic (exact) mass is 422 g/mol. The molecule has 0 aliphatic heterocycles. The van der Waals surface area contributed by atoms with Crippen LogP contribution in [0.3, 0.4) is 0 Å². The average Bonchev–Trinajstić information content (AvgIpc) is 2.67. The molecule has 0 fully saturated rings. The molecule has 2 aromatic carbocycles. The van der Waals surface area contributed by atoms with Crippen molar-refractivity contribution >= 4 is 49.3 Å². The summed E-state index contributed by atoms with van der Waals surface area (Å²) in [4.78, 5) is 33.8. The van der Waals surface area contributed by atoms with E-state index in [2.05, 4.69) is 31.2 Å². The summed E-state index contributed by atoms with van der Waals surface area (Å²) in [6.07, 6.45) is 3.12. The number of nitrogens with one attached hydrogen (secondary N) is 1. The molecule has 0 aliphatic rings. The lowest BCUT2D eigenvalue weighted by Gasteiger charge is -2.11. The first-order valence-electron chi connectivity index (χ1n) is 8.32. The first-order valence-corrected chi connectivity index (χ1v) is 9.11. The Morgan fingerprint density at radius 1 is 1.15 bits per heavy atom. The quantitative estimate of drug-likeness (QED) is 0.546. The van der Waals surface area contributed by atoms with E-state index in [4.69, 9.17) is 0 Å². The third-order valence-corrected chi connectivity index (χ3v) is 4.84. The first kappa shape index (κ1) is 17.4. The second-order valence-corrected chi connectivity index (χ2v) is 7.13. The zero-order valence-corrected chi connectivity index (χ0v) is 16.0. The number of fused-ring (bicyclic) bond motifs is 2. The van der Waals surface area contributed by atoms with Gasteiger partial charge in [-0.25, -0.2) is 4.98 Å². The standard InChI is InChI=1S/C20H15BrN4O2/c1-12-4-6-17(14-3-2-8-22-19(12)14)24-18(26)10-25-11-23-16-7-5-13(21)9-15(16)20(25)27/h2-9,11H,10H2,1H3,(H,24,26). The van der Waals surface area contributed by atoms with E-state index >= 15 is 0 Å². The maximum absolute atomic E-state index is 12.6. The highest BCUT2D eigenvalue weighted by atomic mass is 79.9. The number of rotatable bonds is 3. The van der Waals surface area contributed by atoms with Crippen molar-refractivity contribution in [3.05, 3.63) is 75.4 Å². The maximum atomic E-state index is 12.6. The molecule has 1 N–H and O–H groups in total. The third kappa shape index (κ3) is 3.33. The van der Waals surface area contributed by atoms with Gasteiger partial charge in [-0.3, -0.25) is 19.1 Å². The molecule has 0 bridgehead atoms. The molecule has 0 aliphatic carbocycles. The van der Waals surface area contributed by atoms with Crippen molar-refractivity contribution in [2.75, 3.05) is 5.32 Å². The van der Waals surface area contributed by atoms with Gasteiger partial charge in [-0.1, -0.05) is 22.0 Å². The average molecular weight is 423 g/mol. The largest absolute Gasteiger partial charge is 0.324 e. The van der Waals surface area contributed by atoms with E-state index in [-0.39, 0.29) is 18.0 Å². The molecule has 134 valence electrons. The molecule has 0 atom stereocenters. The molecule has 4 rings (SSSR count). The van der Waals surface area contributed by atoms with Crippen LogP contribution in [0.2, 0.25) is 0 Å². The molecule has 4 aromatic rings. The molecular weight excluding hydrogens is 408 g/mol. The van der Waals surface area contributed by atoms with Gasteiger partial charge in [0, 0.05) is 16.1 Å². The molecule has 1 amide bonds. The van der Waals surface area contributed by atoms with Gasteiger partial charge in [0.15, 0.2) is 0 Å². The summed E-state index contributed by atoms with van der Waals surface area (Å²) in [6, 6.07) is 12.8. The van der Waals surface area contributed by atoms with Gasteiger partial charge in [0.2, 0.25) is 5.91 Å². The Hall–Kier alpha value is -3.06. The van der Waals surface area contributed by atoms with Crippen molar-refractivity contribution in [3.63, 3.8) is 0 Å². The highest BCUT2D eigenvalue weighted by Gasteiger charge is 2.11. The Kier molecular flexibility index (Phi) is 4.45. The maximum Gasteiger partial charge on any atom is 0.261 e. The third-order valence-electron chi connectivity index (χ3n) is 4.35. The van der Waals surface area contributed by atoms with Gasteiger partial charge >= 0.3 is 0 Å². The van der Waals surface area contributed by atoms with Crippen molar-refractivity contribution in [2.45, 2.75) is 13.5 Å². The first-order chi connectivity index (χ1) is 13.0. The summed E-state index contributed by atoms with van der Waals surface area (Å²) in [5.74, 6) is -0.303. The lowest BCUT2D eigenvalue weighted by atomic mass is 10.1. The van der Waals surface area contributed by atoms with Crippen LogP contribution in [-0.2, 0) is 11.3 Å². The second-order valence-electron chi connectivity index (χ2n) is 6.22. The number of nitrogens with zero attached hydrogens (tertiary/aromatic N) is 3. The van der Waals surface area contributed by atoms with Gasteiger partial charge in [0.25, 0.3) is 5.56 Å². The Morgan fingerprint density at radius 3 is 2.85 bits per heavy atom. The predicted octanol–water partition coefficient (Wildman–Crippen LogP) is 3.65. The summed E-state index contributed by atoms with van der Waals surface area (Å²) < 4.78 is 2.09. The molecule has 0 saturated carbocycles. The number of aryl methyl sites for hydroxylation is 1. The van der Waals surface area contributed by atoms with Crippen molar-refractivity contribution < 1.29 is 4.79 Å². The number of carbonyl (C=O) groups is 1. The van der Waals surface area contributed by atoms with Crippen molar-refractivity contribution in [2.24, 2.45) is 0 Å². The van der Waals surface area contributed by atoms with Crippen LogP contribution in [-0.4, -0.2) is 20.4 Å². The number of pyridine rings is 1. The van der Waals surface area contributed by atoms with E-state index in [1.165, 1.54) is 10.9 Å². The van der Waals surface area contributed by atoms with E-state index in [9.17, 15) is 9.59 Å². The summed E-state index contributed by atoms with van der Waals surface area (Å²) in [6.45, 7) is 1.85. The van der Waals surface area contributed by atoms with E-state index in [1.807, 2.05) is 37.3 Å². The number of anilines is 1. The number of carbonyl (C=O) groups excluding carboxylic acids is 1. The van der Waals surface area contributed by atoms with Crippen molar-refractivity contribution in [3.8, 4) is 0 Å². The molecule has 2 aromatic heterocycles. The smallest absolute Gasteiger partial charge is 0.261 e. The Labute approximate surface area is 163 Å². The number of halogens is 1. The summed E-state index contributed by atoms with van der Waals surface area (Å²) >= 11 is 3.35. The van der Waals surface area contributed by atoms with Crippen LogP contribution >= 0.6 is 15.9 Å². The molecule has 0 unspecified atom stereocenters. The van der Waals surface area contributed by atoms with Crippen LogP contribution in [0.1, 0.15) is 5.56 Å². The zero-order valence-electron chi connectivity index (χ0n) is 14.4. The molecule has 2 heterocycles. The van der Waals surface area contributed by atoms with Gasteiger partial charge in [0.05, 0.1) is 28.4 Å². The lowest BCUT2D eigenvalue weighted by Crippen LogP contribution is -2.28. The highest BCUT2D eigenvalue weighted by Crippen LogP contribution is 2.24. The van der Waals surface area contributed by atoms with Crippen molar-refractivity contribution in [1.29, 1.82) is 0 Å². The predicted molar refractivity (Wildman–Crippen MR) is 109 cm³/mol. The van der Waals surface area contributed by atoms with Gasteiger partial charge in [-0.15, -0.1) is 0 Å². The molecular formula is C20H15BrN4O2. The molecule has 27 heavy (non-hydrogen) atoms. The van der Waals surface area contributed by atoms with Crippen LogP contribution in [0, 0.1) is 6.92 Å². The molecule has 7 heteroatoms. The minimum atomic E-state index is -0.303. The van der Waals surface area contributed by atoms with Crippen LogP contribution in [0.4, 0.5) is 5.69 Å². The van der Waals surface area contributed by atoms with Crippen LogP contribution < -0.4 is 10.9 Å². The Balaban J connectivity index is 1.64. The van der Waals surface area contributed by atoms with Gasteiger partial charge in [-0.2, -0.15) is 0 Å². The van der Waals surface area contributed by atoms with E-state index in [0.717, 1.165) is 20.9 Å². The second kappa shape index (κ2) is 6.92. The number of amides is 1. The summed E-state index contributed by atoms with van der Waals surface area (Å²) in [5.41, 5.74) is 2.87. The van der Waals surface area contributed by atoms with Crippen molar-refractivity contribution in [1.82, 2.24) is 14.5 Å². The number of hydrogen-bond donors (Lipinski definition) is 1. The molecule has 0 radical (unpaired) electrons. The summed E-state index contributed by atoms with van der Waals surface area (Å²) in [5, 5.41) is 4.19. The Morgan fingerprint density at radius 2 is 2.00 bits per heavy atom.